The molecule has 2 amide bonds. The van der Waals surface area contributed by atoms with Crippen LogP contribution in [0.1, 0.15) is 64.7 Å². The number of nitrogens with zero attached hydrogens (tertiary/aromatic N) is 4. The second-order valence-electron chi connectivity index (χ2n) is 8.82. The number of carbonyl (C=O) groups is 2. The van der Waals surface area contributed by atoms with Crippen LogP contribution in [0.4, 0.5) is 0 Å². The van der Waals surface area contributed by atoms with E-state index < -0.39 is 0 Å². The summed E-state index contributed by atoms with van der Waals surface area (Å²) in [6.07, 6.45) is 4.41. The Bertz CT molecular complexity index is 977. The highest BCUT2D eigenvalue weighted by atomic mass is 16.5. The second kappa shape index (κ2) is 9.67. The Morgan fingerprint density at radius 1 is 1.03 bits per heavy atom. The normalized spacial score (nSPS) is 18.7. The number of hydrogen-bond acceptors (Lipinski definition) is 5. The monoisotopic (exact) mass is 436 g/mol. The number of aryl methyl sites for hydroxylation is 2. The van der Waals surface area contributed by atoms with Crippen LogP contribution >= 0.6 is 0 Å². The van der Waals surface area contributed by atoms with Gasteiger partial charge in [-0.15, -0.1) is 0 Å². The lowest BCUT2D eigenvalue weighted by Crippen LogP contribution is -2.39. The van der Waals surface area contributed by atoms with Crippen molar-refractivity contribution >= 4 is 11.8 Å². The van der Waals surface area contributed by atoms with Gasteiger partial charge in [-0.3, -0.25) is 9.59 Å². The molecule has 0 N–H and O–H groups in total. The van der Waals surface area contributed by atoms with E-state index in [0.29, 0.717) is 24.3 Å². The van der Waals surface area contributed by atoms with Crippen LogP contribution in [0, 0.1) is 13.8 Å². The smallest absolute Gasteiger partial charge is 0.254 e. The highest BCUT2D eigenvalue weighted by Gasteiger charge is 2.28. The number of benzene rings is 1. The van der Waals surface area contributed by atoms with Crippen molar-refractivity contribution in [1.82, 2.24) is 19.8 Å². The molecular formula is C25H32N4O3. The highest BCUT2D eigenvalue weighted by Crippen LogP contribution is 2.28. The largest absolute Gasteiger partial charge is 0.497 e. The fourth-order valence-electron chi connectivity index (χ4n) is 4.74. The molecule has 2 aliphatic heterocycles. The van der Waals surface area contributed by atoms with Gasteiger partial charge >= 0.3 is 0 Å². The van der Waals surface area contributed by atoms with E-state index >= 15 is 0 Å². The minimum absolute atomic E-state index is 0.00914. The first-order chi connectivity index (χ1) is 15.5. The summed E-state index contributed by atoms with van der Waals surface area (Å²) < 4.78 is 5.26. The van der Waals surface area contributed by atoms with Gasteiger partial charge in [0, 0.05) is 54.6 Å². The number of carbonyl (C=O) groups excluding carboxylic acids is 2. The molecule has 1 atom stereocenters. The van der Waals surface area contributed by atoms with Crippen LogP contribution in [0.15, 0.2) is 24.3 Å². The van der Waals surface area contributed by atoms with Gasteiger partial charge in [-0.25, -0.2) is 9.97 Å². The van der Waals surface area contributed by atoms with E-state index in [9.17, 15) is 9.59 Å². The molecule has 2 fully saturated rings. The summed E-state index contributed by atoms with van der Waals surface area (Å²) in [5.41, 5.74) is 3.31. The van der Waals surface area contributed by atoms with Gasteiger partial charge in [0.2, 0.25) is 5.91 Å². The predicted octanol–water partition coefficient (Wildman–Crippen LogP) is 3.29. The lowest BCUT2D eigenvalue weighted by molar-refractivity contribution is -0.129. The van der Waals surface area contributed by atoms with Gasteiger partial charge in [0.05, 0.1) is 13.5 Å². The van der Waals surface area contributed by atoms with Crippen LogP contribution < -0.4 is 4.74 Å². The molecule has 7 nitrogen and oxygen atoms in total. The Kier molecular flexibility index (Phi) is 6.72. The molecule has 0 saturated carbocycles. The summed E-state index contributed by atoms with van der Waals surface area (Å²) in [7, 11) is 1.60. The standard InChI is InChI=1S/C25H32N4O3/c1-17-22(15-23(30)28-11-4-5-12-28)18(2)27-24(26-17)20-9-7-13-29(16-20)25(31)19-8-6-10-21(14-19)32-3/h6,8,10,14,20H,4-5,7,9,11-13,15-16H2,1-3H3/t20-/m0/s1. The van der Waals surface area contributed by atoms with E-state index in [4.69, 9.17) is 14.7 Å². The number of piperidine rings is 1. The second-order valence-corrected chi connectivity index (χ2v) is 8.82. The van der Waals surface area contributed by atoms with Crippen LogP contribution in [0.25, 0.3) is 0 Å². The van der Waals surface area contributed by atoms with Crippen LogP contribution in [-0.2, 0) is 11.2 Å². The quantitative estimate of drug-likeness (QED) is 0.719. The molecule has 1 aromatic carbocycles. The van der Waals surface area contributed by atoms with Gasteiger partial charge in [-0.1, -0.05) is 6.07 Å². The molecular weight excluding hydrogens is 404 g/mol. The fourth-order valence-corrected chi connectivity index (χ4v) is 4.74. The van der Waals surface area contributed by atoms with Gasteiger partial charge in [-0.2, -0.15) is 0 Å². The number of methoxy groups -OCH3 is 1. The van der Waals surface area contributed by atoms with Gasteiger partial charge in [-0.05, 0) is 57.7 Å². The average Bonchev–Trinajstić information content (AvgIpc) is 3.36. The van der Waals surface area contributed by atoms with Gasteiger partial charge in [0.15, 0.2) is 0 Å². The molecule has 0 bridgehead atoms. The summed E-state index contributed by atoms with van der Waals surface area (Å²) in [4.78, 5) is 39.1. The lowest BCUT2D eigenvalue weighted by Gasteiger charge is -2.32. The maximum absolute atomic E-state index is 13.1. The SMILES string of the molecule is COc1cccc(C(=O)N2CCC[C@H](c3nc(C)c(CC(=O)N4CCCC4)c(C)n3)C2)c1. The third-order valence-electron chi connectivity index (χ3n) is 6.62. The predicted molar refractivity (Wildman–Crippen MR) is 122 cm³/mol. The highest BCUT2D eigenvalue weighted by molar-refractivity contribution is 5.94. The average molecular weight is 437 g/mol. The van der Waals surface area contributed by atoms with Crippen molar-refractivity contribution < 1.29 is 14.3 Å². The Morgan fingerprint density at radius 2 is 1.72 bits per heavy atom. The van der Waals surface area contributed by atoms with Gasteiger partial charge in [0.25, 0.3) is 5.91 Å². The molecule has 3 heterocycles. The molecule has 0 spiro atoms. The summed E-state index contributed by atoms with van der Waals surface area (Å²) in [6, 6.07) is 7.28. The lowest BCUT2D eigenvalue weighted by atomic mass is 9.95. The molecule has 32 heavy (non-hydrogen) atoms. The third kappa shape index (κ3) is 4.76. The summed E-state index contributed by atoms with van der Waals surface area (Å²) in [5.74, 6) is 1.73. The zero-order valence-corrected chi connectivity index (χ0v) is 19.3. The Hall–Kier alpha value is -2.96. The van der Waals surface area contributed by atoms with Crippen molar-refractivity contribution in [2.24, 2.45) is 0 Å². The maximum atomic E-state index is 13.1. The summed E-state index contributed by atoms with van der Waals surface area (Å²) in [6.45, 7) is 6.97. The molecule has 2 aliphatic rings. The first kappa shape index (κ1) is 22.2. The van der Waals surface area contributed by atoms with E-state index in [1.54, 1.807) is 13.2 Å². The minimum atomic E-state index is 0.00914. The summed E-state index contributed by atoms with van der Waals surface area (Å²) >= 11 is 0. The Balaban J connectivity index is 1.48. The van der Waals surface area contributed by atoms with E-state index in [-0.39, 0.29) is 17.7 Å². The van der Waals surface area contributed by atoms with Crippen molar-refractivity contribution in [3.05, 3.63) is 52.6 Å². The molecule has 2 saturated heterocycles. The number of aromatic nitrogens is 2. The van der Waals surface area contributed by atoms with Gasteiger partial charge in [0.1, 0.15) is 11.6 Å². The van der Waals surface area contributed by atoms with E-state index in [0.717, 1.165) is 68.1 Å². The zero-order valence-electron chi connectivity index (χ0n) is 19.3. The zero-order chi connectivity index (χ0) is 22.7. The molecule has 7 heteroatoms. The first-order valence-electron chi connectivity index (χ1n) is 11.5. The fraction of sp³-hybridized carbons (Fsp3) is 0.520. The van der Waals surface area contributed by atoms with Crippen molar-refractivity contribution in [2.45, 2.75) is 51.9 Å². The number of rotatable bonds is 5. The molecule has 1 aromatic heterocycles. The first-order valence-corrected chi connectivity index (χ1v) is 11.5. The van der Waals surface area contributed by atoms with Crippen LogP contribution in [-0.4, -0.2) is 64.9 Å². The molecule has 0 unspecified atom stereocenters. The Morgan fingerprint density at radius 3 is 2.41 bits per heavy atom. The molecule has 4 rings (SSSR count). The number of likely N-dealkylation sites (tertiary alicyclic amines) is 2. The molecule has 0 aliphatic carbocycles. The number of amides is 2. The van der Waals surface area contributed by atoms with Crippen LogP contribution in [0.3, 0.4) is 0 Å². The Labute approximate surface area is 189 Å². The molecule has 170 valence electrons. The topological polar surface area (TPSA) is 75.6 Å². The maximum Gasteiger partial charge on any atom is 0.254 e. The third-order valence-corrected chi connectivity index (χ3v) is 6.62. The van der Waals surface area contributed by atoms with E-state index in [1.807, 2.05) is 41.8 Å². The van der Waals surface area contributed by atoms with E-state index in [2.05, 4.69) is 0 Å². The number of hydrogen-bond donors (Lipinski definition) is 0. The molecule has 2 aromatic rings. The molecule has 0 radical (unpaired) electrons. The summed E-state index contributed by atoms with van der Waals surface area (Å²) in [5, 5.41) is 0. The van der Waals surface area contributed by atoms with Crippen molar-refractivity contribution in [3.63, 3.8) is 0 Å². The van der Waals surface area contributed by atoms with E-state index in [1.165, 1.54) is 0 Å². The van der Waals surface area contributed by atoms with Crippen molar-refractivity contribution in [3.8, 4) is 5.75 Å². The number of ether oxygens (including phenoxy) is 1. The van der Waals surface area contributed by atoms with Gasteiger partial charge < -0.3 is 14.5 Å². The van der Waals surface area contributed by atoms with Crippen LogP contribution in [0.5, 0.6) is 5.75 Å². The minimum Gasteiger partial charge on any atom is -0.497 e. The van der Waals surface area contributed by atoms with Crippen molar-refractivity contribution in [2.75, 3.05) is 33.3 Å². The van der Waals surface area contributed by atoms with Crippen molar-refractivity contribution in [1.29, 1.82) is 0 Å². The van der Waals surface area contributed by atoms with Crippen LogP contribution in [0.2, 0.25) is 0 Å².